The lowest BCUT2D eigenvalue weighted by atomic mass is 9.91. The van der Waals surface area contributed by atoms with E-state index in [0.717, 1.165) is 38.8 Å². The van der Waals surface area contributed by atoms with Crippen LogP contribution in [0.25, 0.3) is 0 Å². The van der Waals surface area contributed by atoms with Crippen LogP contribution in [0.15, 0.2) is 0 Å². The largest absolute Gasteiger partial charge is 0.480 e. The van der Waals surface area contributed by atoms with Gasteiger partial charge in [0.15, 0.2) is 0 Å². The van der Waals surface area contributed by atoms with E-state index in [9.17, 15) is 9.90 Å². The zero-order valence-corrected chi connectivity index (χ0v) is 10.7. The van der Waals surface area contributed by atoms with Gasteiger partial charge in [0.2, 0.25) is 0 Å². The van der Waals surface area contributed by atoms with Crippen molar-refractivity contribution in [2.75, 3.05) is 26.8 Å². The van der Waals surface area contributed by atoms with E-state index in [-0.39, 0.29) is 5.92 Å². The first-order valence-electron chi connectivity index (χ1n) is 6.69. The van der Waals surface area contributed by atoms with E-state index >= 15 is 0 Å². The second kappa shape index (κ2) is 5.36. The highest BCUT2D eigenvalue weighted by atomic mass is 16.5. The second-order valence-corrected chi connectivity index (χ2v) is 5.34. The van der Waals surface area contributed by atoms with Gasteiger partial charge in [-0.05, 0) is 44.7 Å². The Morgan fingerprint density at radius 3 is 2.29 bits per heavy atom. The van der Waals surface area contributed by atoms with Crippen molar-refractivity contribution in [3.8, 4) is 0 Å². The van der Waals surface area contributed by atoms with Gasteiger partial charge in [0.1, 0.15) is 5.54 Å². The first kappa shape index (κ1) is 12.8. The quantitative estimate of drug-likeness (QED) is 0.796. The number of aliphatic carboxylic acids is 1. The van der Waals surface area contributed by atoms with Crippen molar-refractivity contribution in [2.24, 2.45) is 5.92 Å². The van der Waals surface area contributed by atoms with Gasteiger partial charge in [-0.15, -0.1) is 0 Å². The molecule has 1 aliphatic carbocycles. The summed E-state index contributed by atoms with van der Waals surface area (Å²) in [6.45, 7) is 2.14. The van der Waals surface area contributed by atoms with Crippen LogP contribution in [0.2, 0.25) is 0 Å². The zero-order chi connectivity index (χ0) is 12.3. The van der Waals surface area contributed by atoms with E-state index in [4.69, 9.17) is 4.74 Å². The summed E-state index contributed by atoms with van der Waals surface area (Å²) in [7, 11) is 1.61. The molecule has 1 N–H and O–H groups in total. The fourth-order valence-electron chi connectivity index (χ4n) is 3.09. The Balaban J connectivity index is 2.19. The van der Waals surface area contributed by atoms with Gasteiger partial charge in [0, 0.05) is 7.11 Å². The number of carbonyl (C=O) groups is 1. The molecular weight excluding hydrogens is 218 g/mol. The molecule has 0 amide bonds. The highest BCUT2D eigenvalue weighted by molar-refractivity contribution is 5.80. The predicted molar refractivity (Wildman–Crippen MR) is 65.0 cm³/mol. The molecule has 0 aromatic heterocycles. The van der Waals surface area contributed by atoms with E-state index in [0.29, 0.717) is 6.61 Å². The van der Waals surface area contributed by atoms with Crippen LogP contribution in [-0.4, -0.2) is 48.3 Å². The molecule has 0 spiro atoms. The van der Waals surface area contributed by atoms with Gasteiger partial charge in [-0.3, -0.25) is 9.69 Å². The van der Waals surface area contributed by atoms with E-state index < -0.39 is 11.5 Å². The average Bonchev–Trinajstić information content (AvgIpc) is 3.12. The number of hydrogen-bond acceptors (Lipinski definition) is 3. The minimum atomic E-state index is -0.751. The molecule has 1 atom stereocenters. The van der Waals surface area contributed by atoms with Crippen molar-refractivity contribution in [1.82, 2.24) is 4.90 Å². The topological polar surface area (TPSA) is 49.8 Å². The third-order valence-corrected chi connectivity index (χ3v) is 4.16. The number of hydrogen-bond donors (Lipinski definition) is 1. The summed E-state index contributed by atoms with van der Waals surface area (Å²) in [4.78, 5) is 14.0. The standard InChI is InChI=1S/C13H23NO3/c1-17-10-13(12(15)16,11-6-7-11)14-8-4-2-3-5-9-14/h11H,2-10H2,1H3,(H,15,16). The lowest BCUT2D eigenvalue weighted by Gasteiger charge is -2.40. The van der Waals surface area contributed by atoms with Crippen molar-refractivity contribution in [3.05, 3.63) is 0 Å². The predicted octanol–water partition coefficient (Wildman–Crippen LogP) is 1.74. The van der Waals surface area contributed by atoms with Crippen LogP contribution < -0.4 is 0 Å². The summed E-state index contributed by atoms with van der Waals surface area (Å²) in [5, 5.41) is 9.69. The molecule has 1 saturated heterocycles. The van der Waals surface area contributed by atoms with Crippen LogP contribution in [0.4, 0.5) is 0 Å². The van der Waals surface area contributed by atoms with Crippen LogP contribution in [0.5, 0.6) is 0 Å². The maximum Gasteiger partial charge on any atom is 0.326 e. The zero-order valence-electron chi connectivity index (χ0n) is 10.7. The van der Waals surface area contributed by atoms with Gasteiger partial charge in [-0.2, -0.15) is 0 Å². The summed E-state index contributed by atoms with van der Waals surface area (Å²) >= 11 is 0. The number of likely N-dealkylation sites (tertiary alicyclic amines) is 1. The first-order chi connectivity index (χ1) is 8.21. The third kappa shape index (κ3) is 2.47. The second-order valence-electron chi connectivity index (χ2n) is 5.34. The SMILES string of the molecule is COCC(C(=O)O)(C1CC1)N1CCCCCC1. The van der Waals surface area contributed by atoms with Gasteiger partial charge < -0.3 is 9.84 Å². The minimum Gasteiger partial charge on any atom is -0.480 e. The monoisotopic (exact) mass is 241 g/mol. The fourth-order valence-corrected chi connectivity index (χ4v) is 3.09. The average molecular weight is 241 g/mol. The molecule has 17 heavy (non-hydrogen) atoms. The molecule has 2 aliphatic rings. The first-order valence-corrected chi connectivity index (χ1v) is 6.69. The van der Waals surface area contributed by atoms with Crippen molar-refractivity contribution in [3.63, 3.8) is 0 Å². The summed E-state index contributed by atoms with van der Waals surface area (Å²) in [5.41, 5.74) is -0.751. The number of nitrogens with zero attached hydrogens (tertiary/aromatic N) is 1. The molecule has 0 bridgehead atoms. The van der Waals surface area contributed by atoms with Gasteiger partial charge in [-0.25, -0.2) is 0 Å². The van der Waals surface area contributed by atoms with Crippen LogP contribution in [0.3, 0.4) is 0 Å². The normalized spacial score (nSPS) is 26.2. The molecule has 1 aliphatic heterocycles. The molecule has 1 unspecified atom stereocenters. The maximum absolute atomic E-state index is 11.8. The van der Waals surface area contributed by atoms with Crippen molar-refractivity contribution in [1.29, 1.82) is 0 Å². The Morgan fingerprint density at radius 1 is 1.29 bits per heavy atom. The number of ether oxygens (including phenoxy) is 1. The van der Waals surface area contributed by atoms with E-state index in [2.05, 4.69) is 4.90 Å². The fraction of sp³-hybridized carbons (Fsp3) is 0.923. The van der Waals surface area contributed by atoms with Crippen LogP contribution >= 0.6 is 0 Å². The van der Waals surface area contributed by atoms with Gasteiger partial charge in [0.05, 0.1) is 6.61 Å². The smallest absolute Gasteiger partial charge is 0.326 e. The Labute approximate surface area is 103 Å². The molecule has 2 fully saturated rings. The van der Waals surface area contributed by atoms with Gasteiger partial charge in [-0.1, -0.05) is 12.8 Å². The lowest BCUT2D eigenvalue weighted by Crippen LogP contribution is -2.59. The molecule has 2 rings (SSSR count). The van der Waals surface area contributed by atoms with E-state index in [1.807, 2.05) is 0 Å². The van der Waals surface area contributed by atoms with Crippen LogP contribution in [-0.2, 0) is 9.53 Å². The highest BCUT2D eigenvalue weighted by Gasteiger charge is 2.55. The Bertz CT molecular complexity index is 270. The molecule has 1 heterocycles. The highest BCUT2D eigenvalue weighted by Crippen LogP contribution is 2.44. The Morgan fingerprint density at radius 2 is 1.88 bits per heavy atom. The van der Waals surface area contributed by atoms with Gasteiger partial charge in [0.25, 0.3) is 0 Å². The van der Waals surface area contributed by atoms with Crippen molar-refractivity contribution >= 4 is 5.97 Å². The third-order valence-electron chi connectivity index (χ3n) is 4.16. The van der Waals surface area contributed by atoms with Crippen LogP contribution in [0, 0.1) is 5.92 Å². The van der Waals surface area contributed by atoms with Crippen molar-refractivity contribution in [2.45, 2.75) is 44.1 Å². The molecule has 1 saturated carbocycles. The molecule has 0 aromatic carbocycles. The van der Waals surface area contributed by atoms with Gasteiger partial charge >= 0.3 is 5.97 Å². The number of carboxylic acids is 1. The number of carboxylic acid groups (broad SMARTS) is 1. The summed E-state index contributed by atoms with van der Waals surface area (Å²) < 4.78 is 5.24. The summed E-state index contributed by atoms with van der Waals surface area (Å²) in [5.74, 6) is -0.401. The van der Waals surface area contributed by atoms with Crippen molar-refractivity contribution < 1.29 is 14.6 Å². The molecule has 4 heteroatoms. The maximum atomic E-state index is 11.8. The molecular formula is C13H23NO3. The summed E-state index contributed by atoms with van der Waals surface area (Å²) in [6.07, 6.45) is 6.75. The molecule has 98 valence electrons. The molecule has 4 nitrogen and oxygen atoms in total. The Hall–Kier alpha value is -0.610. The lowest BCUT2D eigenvalue weighted by molar-refractivity contribution is -0.158. The van der Waals surface area contributed by atoms with E-state index in [1.54, 1.807) is 7.11 Å². The molecule has 0 aromatic rings. The van der Waals surface area contributed by atoms with E-state index in [1.165, 1.54) is 12.8 Å². The van der Waals surface area contributed by atoms with Crippen LogP contribution in [0.1, 0.15) is 38.5 Å². The number of methoxy groups -OCH3 is 1. The Kier molecular flexibility index (Phi) is 4.05. The number of rotatable bonds is 5. The minimum absolute atomic E-state index is 0.290. The molecule has 0 radical (unpaired) electrons. The summed E-state index contributed by atoms with van der Waals surface area (Å²) in [6, 6.07) is 0.